The van der Waals surface area contributed by atoms with Crippen LogP contribution in [0.15, 0.2) is 23.4 Å². The Morgan fingerprint density at radius 3 is 2.85 bits per heavy atom. The molecule has 0 aromatic carbocycles. The first-order valence-corrected chi connectivity index (χ1v) is 4.83. The number of thioether (sulfide) groups is 1. The lowest BCUT2D eigenvalue weighted by molar-refractivity contribution is 0.0693. The maximum Gasteiger partial charge on any atom is 0.336 e. The minimum Gasteiger partial charge on any atom is -0.478 e. The van der Waals surface area contributed by atoms with Crippen molar-refractivity contribution >= 4 is 17.7 Å². The van der Waals surface area contributed by atoms with Crippen molar-refractivity contribution in [2.24, 2.45) is 0 Å². The largest absolute Gasteiger partial charge is 0.478 e. The molecule has 0 amide bonds. The molecule has 0 fully saturated rings. The van der Waals surface area contributed by atoms with Crippen LogP contribution in [0.4, 0.5) is 0 Å². The van der Waals surface area contributed by atoms with Crippen LogP contribution in [-0.2, 0) is 0 Å². The minimum atomic E-state index is -0.898. The van der Waals surface area contributed by atoms with E-state index in [0.29, 0.717) is 10.8 Å². The van der Waals surface area contributed by atoms with Crippen LogP contribution in [0.3, 0.4) is 0 Å². The third-order valence-corrected chi connectivity index (χ3v) is 2.43. The molecule has 0 radical (unpaired) electrons. The van der Waals surface area contributed by atoms with Gasteiger partial charge in [-0.2, -0.15) is 0 Å². The Balaban J connectivity index is 2.98. The van der Waals surface area contributed by atoms with Gasteiger partial charge < -0.3 is 5.11 Å². The summed E-state index contributed by atoms with van der Waals surface area (Å²) in [7, 11) is 0. The zero-order chi connectivity index (χ0) is 9.84. The van der Waals surface area contributed by atoms with E-state index in [1.807, 2.05) is 13.8 Å². The van der Waals surface area contributed by atoms with Crippen molar-refractivity contribution in [2.45, 2.75) is 24.0 Å². The van der Waals surface area contributed by atoms with E-state index in [1.165, 1.54) is 24.0 Å². The highest BCUT2D eigenvalue weighted by Crippen LogP contribution is 2.25. The Labute approximate surface area is 81.2 Å². The molecule has 13 heavy (non-hydrogen) atoms. The summed E-state index contributed by atoms with van der Waals surface area (Å²) in [6.45, 7) is 4.03. The van der Waals surface area contributed by atoms with Gasteiger partial charge >= 0.3 is 5.97 Å². The fraction of sp³-hybridized carbons (Fsp3) is 0.333. The molecule has 0 spiro atoms. The van der Waals surface area contributed by atoms with E-state index in [1.54, 1.807) is 6.20 Å². The zero-order valence-electron chi connectivity index (χ0n) is 7.52. The number of pyridine rings is 1. The first-order chi connectivity index (χ1) is 6.11. The van der Waals surface area contributed by atoms with Crippen molar-refractivity contribution in [1.29, 1.82) is 0 Å². The van der Waals surface area contributed by atoms with E-state index in [0.717, 1.165) is 4.90 Å². The Morgan fingerprint density at radius 1 is 1.62 bits per heavy atom. The SMILES string of the molecule is CC(C)Sc1cnccc1C(=O)O. The van der Waals surface area contributed by atoms with Crippen molar-refractivity contribution in [3.63, 3.8) is 0 Å². The first-order valence-electron chi connectivity index (χ1n) is 3.95. The van der Waals surface area contributed by atoms with Crippen LogP contribution in [0.2, 0.25) is 0 Å². The van der Waals surface area contributed by atoms with Gasteiger partial charge in [-0.25, -0.2) is 4.79 Å². The molecule has 3 nitrogen and oxygen atoms in total. The number of hydrogen-bond donors (Lipinski definition) is 1. The predicted octanol–water partition coefficient (Wildman–Crippen LogP) is 2.28. The average molecular weight is 197 g/mol. The van der Waals surface area contributed by atoms with E-state index in [4.69, 9.17) is 5.11 Å². The van der Waals surface area contributed by atoms with Gasteiger partial charge in [0.25, 0.3) is 0 Å². The smallest absolute Gasteiger partial charge is 0.336 e. The third-order valence-electron chi connectivity index (χ3n) is 1.38. The van der Waals surface area contributed by atoms with Gasteiger partial charge in [0.15, 0.2) is 0 Å². The molecule has 1 heterocycles. The monoisotopic (exact) mass is 197 g/mol. The van der Waals surface area contributed by atoms with Gasteiger partial charge in [0.1, 0.15) is 0 Å². The van der Waals surface area contributed by atoms with Crippen molar-refractivity contribution < 1.29 is 9.90 Å². The molecule has 1 aromatic rings. The van der Waals surface area contributed by atoms with E-state index in [-0.39, 0.29) is 0 Å². The van der Waals surface area contributed by atoms with Gasteiger partial charge in [0.2, 0.25) is 0 Å². The van der Waals surface area contributed by atoms with Crippen LogP contribution in [0, 0.1) is 0 Å². The van der Waals surface area contributed by atoms with Gasteiger partial charge in [-0.3, -0.25) is 4.98 Å². The molecule has 4 heteroatoms. The topological polar surface area (TPSA) is 50.2 Å². The molecule has 0 saturated heterocycles. The highest BCUT2D eigenvalue weighted by atomic mass is 32.2. The van der Waals surface area contributed by atoms with Crippen molar-refractivity contribution in [3.05, 3.63) is 24.0 Å². The number of carboxylic acid groups (broad SMARTS) is 1. The van der Waals surface area contributed by atoms with Crippen molar-refractivity contribution in [1.82, 2.24) is 4.98 Å². The fourth-order valence-electron chi connectivity index (χ4n) is 0.905. The highest BCUT2D eigenvalue weighted by molar-refractivity contribution is 8.00. The lowest BCUT2D eigenvalue weighted by Gasteiger charge is -2.06. The number of aromatic carboxylic acids is 1. The molecule has 0 aliphatic rings. The summed E-state index contributed by atoms with van der Waals surface area (Å²) in [4.78, 5) is 15.4. The second kappa shape index (κ2) is 4.28. The molecule has 1 rings (SSSR count). The first kappa shape index (κ1) is 10.1. The molecule has 0 aliphatic carbocycles. The normalized spacial score (nSPS) is 10.4. The number of carbonyl (C=O) groups is 1. The molecule has 0 bridgehead atoms. The summed E-state index contributed by atoms with van der Waals surface area (Å²) < 4.78 is 0. The Hall–Kier alpha value is -1.03. The number of nitrogens with zero attached hydrogens (tertiary/aromatic N) is 1. The second-order valence-electron chi connectivity index (χ2n) is 2.84. The van der Waals surface area contributed by atoms with Crippen LogP contribution < -0.4 is 0 Å². The molecule has 0 saturated carbocycles. The summed E-state index contributed by atoms with van der Waals surface area (Å²) in [5.41, 5.74) is 0.328. The molecule has 70 valence electrons. The zero-order valence-corrected chi connectivity index (χ0v) is 8.34. The van der Waals surface area contributed by atoms with Crippen LogP contribution in [0.1, 0.15) is 24.2 Å². The van der Waals surface area contributed by atoms with E-state index in [9.17, 15) is 4.79 Å². The molecule has 0 aliphatic heterocycles. The molecule has 1 aromatic heterocycles. The molecular weight excluding hydrogens is 186 g/mol. The Morgan fingerprint density at radius 2 is 2.31 bits per heavy atom. The van der Waals surface area contributed by atoms with Gasteiger partial charge in [0, 0.05) is 22.5 Å². The lowest BCUT2D eigenvalue weighted by atomic mass is 10.3. The van der Waals surface area contributed by atoms with E-state index < -0.39 is 5.97 Å². The van der Waals surface area contributed by atoms with Crippen molar-refractivity contribution in [3.8, 4) is 0 Å². The summed E-state index contributed by atoms with van der Waals surface area (Å²) in [6, 6.07) is 1.52. The molecular formula is C9H11NO2S. The Bertz CT molecular complexity index is 312. The second-order valence-corrected chi connectivity index (χ2v) is 4.46. The molecule has 0 unspecified atom stereocenters. The molecule has 0 atom stereocenters. The minimum absolute atomic E-state index is 0.328. The van der Waals surface area contributed by atoms with Gasteiger partial charge in [-0.1, -0.05) is 13.8 Å². The fourth-order valence-corrected chi connectivity index (χ4v) is 1.82. The standard InChI is InChI=1S/C9H11NO2S/c1-6(2)13-8-5-10-4-3-7(8)9(11)12/h3-6H,1-2H3,(H,11,12). The van der Waals surface area contributed by atoms with Gasteiger partial charge in [-0.15, -0.1) is 11.8 Å². The molecule has 1 N–H and O–H groups in total. The van der Waals surface area contributed by atoms with Crippen LogP contribution in [-0.4, -0.2) is 21.3 Å². The van der Waals surface area contributed by atoms with Gasteiger partial charge in [-0.05, 0) is 6.07 Å². The number of hydrogen-bond acceptors (Lipinski definition) is 3. The number of rotatable bonds is 3. The summed E-state index contributed by atoms with van der Waals surface area (Å²) in [5.74, 6) is -0.898. The Kier molecular flexibility index (Phi) is 3.31. The van der Waals surface area contributed by atoms with Crippen molar-refractivity contribution in [2.75, 3.05) is 0 Å². The summed E-state index contributed by atoms with van der Waals surface area (Å²) in [6.07, 6.45) is 3.09. The number of carboxylic acids is 1. The van der Waals surface area contributed by atoms with Gasteiger partial charge in [0.05, 0.1) is 5.56 Å². The maximum atomic E-state index is 10.8. The highest BCUT2D eigenvalue weighted by Gasteiger charge is 2.10. The van der Waals surface area contributed by atoms with E-state index >= 15 is 0 Å². The maximum absolute atomic E-state index is 10.8. The predicted molar refractivity (Wildman–Crippen MR) is 52.2 cm³/mol. The van der Waals surface area contributed by atoms with Crippen LogP contribution in [0.25, 0.3) is 0 Å². The lowest BCUT2D eigenvalue weighted by Crippen LogP contribution is -2.00. The quantitative estimate of drug-likeness (QED) is 0.755. The van der Waals surface area contributed by atoms with Crippen LogP contribution >= 0.6 is 11.8 Å². The summed E-state index contributed by atoms with van der Waals surface area (Å²) >= 11 is 1.51. The third kappa shape index (κ3) is 2.73. The van der Waals surface area contributed by atoms with E-state index in [2.05, 4.69) is 4.98 Å². The summed E-state index contributed by atoms with van der Waals surface area (Å²) in [5, 5.41) is 9.20. The average Bonchev–Trinajstić information content (AvgIpc) is 2.03. The van der Waals surface area contributed by atoms with Crippen LogP contribution in [0.5, 0.6) is 0 Å². The number of aromatic nitrogens is 1.